The predicted molar refractivity (Wildman–Crippen MR) is 112 cm³/mol. The standard InChI is InChI=1S/C24H25NO4/c1-16-12-24(27)29-22-13-20(10-11-21(16)22)28-15-23(26)25(17(2)19-8-9-19)14-18-6-4-3-5-7-18/h3-7,10-13,17,19H,8-9,14-15H2,1-2H3. The molecule has 0 saturated heterocycles. The van der Waals surface area contributed by atoms with Crippen LogP contribution in [0.15, 0.2) is 63.8 Å². The van der Waals surface area contributed by atoms with Gasteiger partial charge in [0.1, 0.15) is 11.3 Å². The Kier molecular flexibility index (Phi) is 5.38. The van der Waals surface area contributed by atoms with Gasteiger partial charge in [-0.2, -0.15) is 0 Å². The number of fused-ring (bicyclic) bond motifs is 1. The molecule has 1 amide bonds. The van der Waals surface area contributed by atoms with Gasteiger partial charge in [-0.1, -0.05) is 30.3 Å². The van der Waals surface area contributed by atoms with Crippen molar-refractivity contribution in [1.82, 2.24) is 4.90 Å². The molecule has 0 radical (unpaired) electrons. The number of benzene rings is 2. The van der Waals surface area contributed by atoms with Crippen molar-refractivity contribution in [3.8, 4) is 5.75 Å². The molecule has 5 nitrogen and oxygen atoms in total. The summed E-state index contributed by atoms with van der Waals surface area (Å²) in [6, 6.07) is 17.0. The molecule has 150 valence electrons. The Hall–Kier alpha value is -3.08. The first-order chi connectivity index (χ1) is 14.0. The fraction of sp³-hybridized carbons (Fsp3) is 0.333. The van der Waals surface area contributed by atoms with E-state index in [1.54, 1.807) is 12.1 Å². The average molecular weight is 391 g/mol. The highest BCUT2D eigenvalue weighted by Crippen LogP contribution is 2.35. The summed E-state index contributed by atoms with van der Waals surface area (Å²) in [5.74, 6) is 1.04. The van der Waals surface area contributed by atoms with E-state index in [9.17, 15) is 9.59 Å². The van der Waals surface area contributed by atoms with Gasteiger partial charge in [0.25, 0.3) is 5.91 Å². The minimum absolute atomic E-state index is 0.0426. The number of carbonyl (C=O) groups is 1. The topological polar surface area (TPSA) is 59.8 Å². The Labute approximate surface area is 169 Å². The number of aryl methyl sites for hydroxylation is 1. The SMILES string of the molecule is Cc1cc(=O)oc2cc(OCC(=O)N(Cc3ccccc3)C(C)C3CC3)ccc12. The second-order valence-corrected chi connectivity index (χ2v) is 7.78. The van der Waals surface area contributed by atoms with Crippen LogP contribution in [0.5, 0.6) is 5.75 Å². The Morgan fingerprint density at radius 3 is 2.66 bits per heavy atom. The normalized spacial score (nSPS) is 14.6. The first kappa shape index (κ1) is 19.2. The molecule has 1 saturated carbocycles. The highest BCUT2D eigenvalue weighted by atomic mass is 16.5. The fourth-order valence-corrected chi connectivity index (χ4v) is 3.70. The lowest BCUT2D eigenvalue weighted by molar-refractivity contribution is -0.136. The molecule has 0 spiro atoms. The van der Waals surface area contributed by atoms with Gasteiger partial charge < -0.3 is 14.1 Å². The van der Waals surface area contributed by atoms with Crippen molar-refractivity contribution >= 4 is 16.9 Å². The second kappa shape index (κ2) is 8.11. The first-order valence-corrected chi connectivity index (χ1v) is 10.0. The van der Waals surface area contributed by atoms with Crippen molar-refractivity contribution < 1.29 is 13.9 Å². The van der Waals surface area contributed by atoms with Gasteiger partial charge in [0.05, 0.1) is 0 Å². The van der Waals surface area contributed by atoms with E-state index in [4.69, 9.17) is 9.15 Å². The number of amides is 1. The van der Waals surface area contributed by atoms with E-state index in [2.05, 4.69) is 6.92 Å². The molecule has 1 fully saturated rings. The molecule has 29 heavy (non-hydrogen) atoms. The van der Waals surface area contributed by atoms with Crippen molar-refractivity contribution in [2.45, 2.75) is 39.3 Å². The summed E-state index contributed by atoms with van der Waals surface area (Å²) >= 11 is 0. The van der Waals surface area contributed by atoms with Gasteiger partial charge in [-0.25, -0.2) is 4.79 Å². The largest absolute Gasteiger partial charge is 0.484 e. The minimum atomic E-state index is -0.393. The number of carbonyl (C=O) groups excluding carboxylic acids is 1. The van der Waals surface area contributed by atoms with E-state index < -0.39 is 5.63 Å². The summed E-state index contributed by atoms with van der Waals surface area (Å²) in [5.41, 5.74) is 2.03. The van der Waals surface area contributed by atoms with E-state index in [1.807, 2.05) is 48.2 Å². The lowest BCUT2D eigenvalue weighted by Gasteiger charge is -2.29. The maximum Gasteiger partial charge on any atom is 0.336 e. The molecular weight excluding hydrogens is 366 g/mol. The van der Waals surface area contributed by atoms with Crippen molar-refractivity contribution in [2.24, 2.45) is 5.92 Å². The van der Waals surface area contributed by atoms with E-state index in [0.29, 0.717) is 23.8 Å². The van der Waals surface area contributed by atoms with Crippen molar-refractivity contribution in [3.63, 3.8) is 0 Å². The highest BCUT2D eigenvalue weighted by molar-refractivity contribution is 5.82. The van der Waals surface area contributed by atoms with Crippen LogP contribution < -0.4 is 10.4 Å². The Morgan fingerprint density at radius 1 is 1.17 bits per heavy atom. The zero-order chi connectivity index (χ0) is 20.4. The van der Waals surface area contributed by atoms with E-state index in [0.717, 1.165) is 16.5 Å². The molecule has 1 unspecified atom stereocenters. The molecule has 1 heterocycles. The zero-order valence-corrected chi connectivity index (χ0v) is 16.8. The van der Waals surface area contributed by atoms with Crippen LogP contribution in [0, 0.1) is 12.8 Å². The van der Waals surface area contributed by atoms with E-state index in [1.165, 1.54) is 18.9 Å². The smallest absolute Gasteiger partial charge is 0.336 e. The third kappa shape index (κ3) is 4.50. The summed E-state index contributed by atoms with van der Waals surface area (Å²) in [5, 5.41) is 0.858. The van der Waals surface area contributed by atoms with Crippen LogP contribution in [0.1, 0.15) is 30.9 Å². The van der Waals surface area contributed by atoms with Gasteiger partial charge in [0, 0.05) is 30.1 Å². The summed E-state index contributed by atoms with van der Waals surface area (Å²) < 4.78 is 11.0. The third-order valence-electron chi connectivity index (χ3n) is 5.60. The van der Waals surface area contributed by atoms with Gasteiger partial charge in [-0.3, -0.25) is 4.79 Å². The molecule has 0 aliphatic heterocycles. The Morgan fingerprint density at radius 2 is 1.93 bits per heavy atom. The molecule has 1 aliphatic carbocycles. The zero-order valence-electron chi connectivity index (χ0n) is 16.8. The van der Waals surface area contributed by atoms with Crippen LogP contribution in [0.4, 0.5) is 0 Å². The lowest BCUT2D eigenvalue weighted by atomic mass is 10.1. The van der Waals surface area contributed by atoms with Gasteiger partial charge in [0.15, 0.2) is 6.61 Å². The van der Waals surface area contributed by atoms with Gasteiger partial charge >= 0.3 is 5.63 Å². The molecule has 5 heteroatoms. The van der Waals surface area contributed by atoms with Gasteiger partial charge in [-0.15, -0.1) is 0 Å². The number of hydrogen-bond acceptors (Lipinski definition) is 4. The fourth-order valence-electron chi connectivity index (χ4n) is 3.70. The van der Waals surface area contributed by atoms with E-state index >= 15 is 0 Å². The molecule has 2 aromatic carbocycles. The first-order valence-electron chi connectivity index (χ1n) is 10.0. The lowest BCUT2D eigenvalue weighted by Crippen LogP contribution is -2.42. The molecule has 4 rings (SSSR count). The number of hydrogen-bond donors (Lipinski definition) is 0. The van der Waals surface area contributed by atoms with Crippen LogP contribution in [-0.4, -0.2) is 23.5 Å². The molecule has 3 aromatic rings. The summed E-state index contributed by atoms with van der Waals surface area (Å²) in [7, 11) is 0. The summed E-state index contributed by atoms with van der Waals surface area (Å²) in [6.45, 7) is 4.51. The second-order valence-electron chi connectivity index (χ2n) is 7.78. The average Bonchev–Trinajstić information content (AvgIpc) is 3.55. The molecule has 1 aromatic heterocycles. The molecule has 1 aliphatic rings. The maximum absolute atomic E-state index is 13.0. The molecule has 0 bridgehead atoms. The van der Waals surface area contributed by atoms with Crippen molar-refractivity contribution in [1.29, 1.82) is 0 Å². The summed E-state index contributed by atoms with van der Waals surface area (Å²) in [4.78, 5) is 26.5. The van der Waals surface area contributed by atoms with Crippen molar-refractivity contribution in [2.75, 3.05) is 6.61 Å². The van der Waals surface area contributed by atoms with Crippen LogP contribution in [0.3, 0.4) is 0 Å². The number of nitrogens with zero attached hydrogens (tertiary/aromatic N) is 1. The number of rotatable bonds is 7. The van der Waals surface area contributed by atoms with Crippen LogP contribution in [-0.2, 0) is 11.3 Å². The van der Waals surface area contributed by atoms with Crippen LogP contribution in [0.2, 0.25) is 0 Å². The quantitative estimate of drug-likeness (QED) is 0.563. The van der Waals surface area contributed by atoms with Crippen LogP contribution in [0.25, 0.3) is 11.0 Å². The third-order valence-corrected chi connectivity index (χ3v) is 5.60. The van der Waals surface area contributed by atoms with Crippen molar-refractivity contribution in [3.05, 3.63) is 76.1 Å². The minimum Gasteiger partial charge on any atom is -0.484 e. The molecule has 0 N–H and O–H groups in total. The molecular formula is C24H25NO4. The van der Waals surface area contributed by atoms with Gasteiger partial charge in [0.2, 0.25) is 0 Å². The Balaban J connectivity index is 1.48. The summed E-state index contributed by atoms with van der Waals surface area (Å²) in [6.07, 6.45) is 2.34. The van der Waals surface area contributed by atoms with E-state index in [-0.39, 0.29) is 18.6 Å². The number of ether oxygens (including phenoxy) is 1. The Bertz CT molecular complexity index is 1070. The maximum atomic E-state index is 13.0. The van der Waals surface area contributed by atoms with Gasteiger partial charge in [-0.05, 0) is 55.9 Å². The molecule has 1 atom stereocenters. The highest BCUT2D eigenvalue weighted by Gasteiger charge is 2.34. The monoisotopic (exact) mass is 391 g/mol. The predicted octanol–water partition coefficient (Wildman–Crippen LogP) is 4.31. The van der Waals surface area contributed by atoms with Crippen LogP contribution >= 0.6 is 0 Å².